The highest BCUT2D eigenvalue weighted by Gasteiger charge is 2.20. The maximum absolute atomic E-state index is 11.4. The Morgan fingerprint density at radius 2 is 2.29 bits per heavy atom. The number of allylic oxidation sites excluding steroid dienone is 1. The Morgan fingerprint density at radius 1 is 1.50 bits per heavy atom. The number of hydrogen-bond acceptors (Lipinski definition) is 2. The van der Waals surface area contributed by atoms with Crippen LogP contribution in [-0.4, -0.2) is 17.6 Å². The summed E-state index contributed by atoms with van der Waals surface area (Å²) in [6.07, 6.45) is 7.91. The van der Waals surface area contributed by atoms with E-state index >= 15 is 0 Å². The molecule has 0 atom stereocenters. The van der Waals surface area contributed by atoms with Crippen LogP contribution in [0.5, 0.6) is 0 Å². The number of aryl methyl sites for hydroxylation is 2. The van der Waals surface area contributed by atoms with Crippen molar-refractivity contribution in [1.29, 1.82) is 0 Å². The van der Waals surface area contributed by atoms with Gasteiger partial charge in [-0.25, -0.2) is 4.79 Å². The first-order valence-electron chi connectivity index (χ1n) is 4.66. The molecule has 1 heterocycles. The number of methoxy groups -OCH3 is 1. The minimum atomic E-state index is -0.239. The van der Waals surface area contributed by atoms with Crippen molar-refractivity contribution in [2.24, 2.45) is 7.05 Å². The van der Waals surface area contributed by atoms with Gasteiger partial charge in [-0.2, -0.15) is 0 Å². The molecule has 2 rings (SSSR count). The van der Waals surface area contributed by atoms with Crippen LogP contribution in [0.4, 0.5) is 0 Å². The molecule has 0 N–H and O–H groups in total. The van der Waals surface area contributed by atoms with Gasteiger partial charge in [-0.05, 0) is 18.4 Å². The smallest absolute Gasteiger partial charge is 0.338 e. The van der Waals surface area contributed by atoms with E-state index in [0.29, 0.717) is 5.57 Å². The van der Waals surface area contributed by atoms with Gasteiger partial charge in [0.05, 0.1) is 12.7 Å². The second-order valence-corrected chi connectivity index (χ2v) is 3.51. The van der Waals surface area contributed by atoms with Crippen LogP contribution in [0.2, 0.25) is 0 Å². The van der Waals surface area contributed by atoms with Crippen molar-refractivity contribution in [2.75, 3.05) is 7.11 Å². The topological polar surface area (TPSA) is 31.2 Å². The number of hydrogen-bond donors (Lipinski definition) is 0. The lowest BCUT2D eigenvalue weighted by atomic mass is 9.95. The zero-order valence-electron chi connectivity index (χ0n) is 8.41. The van der Waals surface area contributed by atoms with Crippen LogP contribution in [0.15, 0.2) is 18.5 Å². The van der Waals surface area contributed by atoms with Gasteiger partial charge in [0.15, 0.2) is 0 Å². The second kappa shape index (κ2) is 3.33. The van der Waals surface area contributed by atoms with Gasteiger partial charge in [0.25, 0.3) is 0 Å². The number of carbonyl (C=O) groups is 1. The molecule has 3 nitrogen and oxygen atoms in total. The maximum Gasteiger partial charge on any atom is 0.338 e. The lowest BCUT2D eigenvalue weighted by molar-refractivity contribution is -0.133. The van der Waals surface area contributed by atoms with Crippen molar-refractivity contribution in [3.63, 3.8) is 0 Å². The molecule has 0 aliphatic heterocycles. The molecule has 0 amide bonds. The summed E-state index contributed by atoms with van der Waals surface area (Å²) >= 11 is 0. The molecular formula is C11H13NO2. The van der Waals surface area contributed by atoms with Crippen molar-refractivity contribution < 1.29 is 9.53 Å². The van der Waals surface area contributed by atoms with Gasteiger partial charge in [-0.3, -0.25) is 0 Å². The largest absolute Gasteiger partial charge is 0.465 e. The van der Waals surface area contributed by atoms with E-state index in [9.17, 15) is 4.79 Å². The Morgan fingerprint density at radius 3 is 3.00 bits per heavy atom. The number of carbonyl (C=O) groups excluding carboxylic acids is 1. The summed E-state index contributed by atoms with van der Waals surface area (Å²) in [6.45, 7) is 0. The first kappa shape index (κ1) is 9.06. The number of fused-ring (bicyclic) bond motifs is 1. The molecule has 0 unspecified atom stereocenters. The fourth-order valence-electron chi connectivity index (χ4n) is 1.87. The van der Waals surface area contributed by atoms with Gasteiger partial charge in [-0.15, -0.1) is 0 Å². The molecule has 0 fully saturated rings. The molecular weight excluding hydrogens is 178 g/mol. The van der Waals surface area contributed by atoms with Crippen molar-refractivity contribution >= 4 is 11.5 Å². The molecule has 0 saturated heterocycles. The predicted octanol–water partition coefficient (Wildman–Crippen LogP) is 1.53. The minimum absolute atomic E-state index is 0.239. The zero-order valence-corrected chi connectivity index (χ0v) is 8.41. The summed E-state index contributed by atoms with van der Waals surface area (Å²) < 4.78 is 6.72. The van der Waals surface area contributed by atoms with E-state index in [1.807, 2.05) is 23.9 Å². The van der Waals surface area contributed by atoms with E-state index < -0.39 is 0 Å². The van der Waals surface area contributed by atoms with E-state index in [1.165, 1.54) is 12.7 Å². The van der Waals surface area contributed by atoms with E-state index in [1.54, 1.807) is 0 Å². The lowest BCUT2D eigenvalue weighted by Crippen LogP contribution is -2.07. The van der Waals surface area contributed by atoms with Gasteiger partial charge >= 0.3 is 5.97 Å². The molecule has 14 heavy (non-hydrogen) atoms. The van der Waals surface area contributed by atoms with Crippen LogP contribution in [0.25, 0.3) is 5.57 Å². The molecule has 1 aliphatic carbocycles. The fraction of sp³-hybridized carbons (Fsp3) is 0.364. The molecule has 0 bridgehead atoms. The van der Waals surface area contributed by atoms with Gasteiger partial charge in [-0.1, -0.05) is 6.08 Å². The Labute approximate surface area is 83.0 Å². The third-order valence-electron chi connectivity index (χ3n) is 2.50. The highest BCUT2D eigenvalue weighted by molar-refractivity contribution is 6.17. The Kier molecular flexibility index (Phi) is 2.15. The second-order valence-electron chi connectivity index (χ2n) is 3.51. The van der Waals surface area contributed by atoms with E-state index in [0.717, 1.165) is 18.4 Å². The third kappa shape index (κ3) is 1.35. The van der Waals surface area contributed by atoms with Crippen LogP contribution in [-0.2, 0) is 23.0 Å². The summed E-state index contributed by atoms with van der Waals surface area (Å²) in [5.41, 5.74) is 2.95. The predicted molar refractivity (Wildman–Crippen MR) is 53.7 cm³/mol. The molecule has 0 radical (unpaired) electrons. The van der Waals surface area contributed by atoms with Crippen LogP contribution >= 0.6 is 0 Å². The van der Waals surface area contributed by atoms with Gasteiger partial charge in [0.2, 0.25) is 0 Å². The number of nitrogens with zero attached hydrogens (tertiary/aromatic N) is 1. The van der Waals surface area contributed by atoms with Gasteiger partial charge in [0.1, 0.15) is 0 Å². The summed E-state index contributed by atoms with van der Waals surface area (Å²) in [5.74, 6) is -0.239. The van der Waals surface area contributed by atoms with Crippen LogP contribution in [0.3, 0.4) is 0 Å². The minimum Gasteiger partial charge on any atom is -0.465 e. The van der Waals surface area contributed by atoms with E-state index in [-0.39, 0.29) is 5.97 Å². The van der Waals surface area contributed by atoms with Crippen molar-refractivity contribution in [1.82, 2.24) is 4.57 Å². The Bertz CT molecular complexity index is 401. The number of aromatic nitrogens is 1. The van der Waals surface area contributed by atoms with E-state index in [4.69, 9.17) is 4.74 Å². The molecule has 0 spiro atoms. The fourth-order valence-corrected chi connectivity index (χ4v) is 1.87. The standard InChI is InChI=1S/C11H13NO2/c1-12-6-8-4-3-5-9(10(8)7-12)11(13)14-2/h5-7H,3-4H2,1-2H3. The van der Waals surface area contributed by atoms with Crippen molar-refractivity contribution in [3.8, 4) is 0 Å². The normalized spacial score (nSPS) is 14.6. The summed E-state index contributed by atoms with van der Waals surface area (Å²) in [4.78, 5) is 11.4. The molecule has 1 aromatic rings. The molecule has 74 valence electrons. The molecule has 3 heteroatoms. The van der Waals surface area contributed by atoms with Crippen molar-refractivity contribution in [2.45, 2.75) is 12.8 Å². The lowest BCUT2D eigenvalue weighted by Gasteiger charge is -2.11. The zero-order chi connectivity index (χ0) is 10.1. The first-order valence-corrected chi connectivity index (χ1v) is 4.66. The SMILES string of the molecule is COC(=O)C1=CCCc2cn(C)cc21. The number of rotatable bonds is 1. The molecule has 1 aromatic heterocycles. The average Bonchev–Trinajstić information content (AvgIpc) is 2.56. The van der Waals surface area contributed by atoms with Crippen LogP contribution in [0, 0.1) is 0 Å². The summed E-state index contributed by atoms with van der Waals surface area (Å²) in [6, 6.07) is 0. The first-order chi connectivity index (χ1) is 6.72. The van der Waals surface area contributed by atoms with Crippen LogP contribution < -0.4 is 0 Å². The third-order valence-corrected chi connectivity index (χ3v) is 2.50. The van der Waals surface area contributed by atoms with Gasteiger partial charge < -0.3 is 9.30 Å². The monoisotopic (exact) mass is 191 g/mol. The van der Waals surface area contributed by atoms with Crippen molar-refractivity contribution in [3.05, 3.63) is 29.6 Å². The van der Waals surface area contributed by atoms with Crippen LogP contribution in [0.1, 0.15) is 17.5 Å². The highest BCUT2D eigenvalue weighted by atomic mass is 16.5. The average molecular weight is 191 g/mol. The quantitative estimate of drug-likeness (QED) is 0.630. The van der Waals surface area contributed by atoms with E-state index in [2.05, 4.69) is 6.20 Å². The summed E-state index contributed by atoms with van der Waals surface area (Å²) in [5, 5.41) is 0. The Hall–Kier alpha value is -1.51. The molecule has 0 aromatic carbocycles. The van der Waals surface area contributed by atoms with Gasteiger partial charge in [0, 0.05) is 25.0 Å². The molecule has 0 saturated carbocycles. The number of ether oxygens (including phenoxy) is 1. The number of esters is 1. The Balaban J connectivity index is 2.44. The maximum atomic E-state index is 11.4. The highest BCUT2D eigenvalue weighted by Crippen LogP contribution is 2.27. The summed E-state index contributed by atoms with van der Waals surface area (Å²) in [7, 11) is 3.38. The molecule has 1 aliphatic rings.